The number of aromatic nitrogens is 2. The van der Waals surface area contributed by atoms with Gasteiger partial charge >= 0.3 is 0 Å². The molecule has 0 radical (unpaired) electrons. The van der Waals surface area contributed by atoms with Gasteiger partial charge in [0, 0.05) is 10.9 Å². The predicted molar refractivity (Wildman–Crippen MR) is 93.0 cm³/mol. The van der Waals surface area contributed by atoms with Crippen LogP contribution >= 0.6 is 11.3 Å². The molecule has 3 nitrogen and oxygen atoms in total. The molecule has 0 aliphatic rings. The van der Waals surface area contributed by atoms with Gasteiger partial charge in [-0.25, -0.2) is 9.37 Å². The van der Waals surface area contributed by atoms with Gasteiger partial charge in [0.2, 0.25) is 0 Å². The third kappa shape index (κ3) is 2.29. The first kappa shape index (κ1) is 14.0. The Labute approximate surface area is 136 Å². The van der Waals surface area contributed by atoms with Crippen LogP contribution in [0, 0.1) is 12.7 Å². The van der Waals surface area contributed by atoms with E-state index in [4.69, 9.17) is 5.73 Å². The van der Waals surface area contributed by atoms with E-state index < -0.39 is 0 Å². The van der Waals surface area contributed by atoms with Crippen molar-refractivity contribution in [1.82, 2.24) is 9.38 Å². The van der Waals surface area contributed by atoms with Crippen molar-refractivity contribution in [2.75, 3.05) is 5.73 Å². The monoisotopic (exact) mass is 323 g/mol. The van der Waals surface area contributed by atoms with Crippen molar-refractivity contribution in [2.24, 2.45) is 0 Å². The molecule has 2 heterocycles. The number of rotatable bonds is 2. The van der Waals surface area contributed by atoms with Crippen LogP contribution in [0.5, 0.6) is 0 Å². The minimum atomic E-state index is -0.270. The smallest absolute Gasteiger partial charge is 0.196 e. The SMILES string of the molecule is Cc1ccc(-c2csc3nc(-c4ccc(F)cc4)c(N)n23)cc1. The number of benzene rings is 2. The van der Waals surface area contributed by atoms with E-state index in [0.29, 0.717) is 11.5 Å². The fraction of sp³-hybridized carbons (Fsp3) is 0.0556. The normalized spacial score (nSPS) is 11.2. The number of imidazole rings is 1. The van der Waals surface area contributed by atoms with Crippen LogP contribution in [0.3, 0.4) is 0 Å². The molecule has 0 saturated heterocycles. The number of hydrogen-bond donors (Lipinski definition) is 1. The fourth-order valence-corrected chi connectivity index (χ4v) is 3.53. The third-order valence-electron chi connectivity index (χ3n) is 3.86. The predicted octanol–water partition coefficient (Wildman–Crippen LogP) is 4.76. The van der Waals surface area contributed by atoms with Gasteiger partial charge in [-0.3, -0.25) is 4.40 Å². The molecule has 0 atom stereocenters. The highest BCUT2D eigenvalue weighted by Gasteiger charge is 2.16. The highest BCUT2D eigenvalue weighted by atomic mass is 32.1. The molecule has 114 valence electrons. The van der Waals surface area contributed by atoms with Gasteiger partial charge in [-0.1, -0.05) is 29.8 Å². The zero-order chi connectivity index (χ0) is 16.0. The quantitative estimate of drug-likeness (QED) is 0.578. The van der Waals surface area contributed by atoms with Gasteiger partial charge in [0.05, 0.1) is 5.69 Å². The molecule has 4 aromatic rings. The summed E-state index contributed by atoms with van der Waals surface area (Å²) in [4.78, 5) is 5.44. The van der Waals surface area contributed by atoms with Crippen molar-refractivity contribution in [2.45, 2.75) is 6.92 Å². The minimum Gasteiger partial charge on any atom is -0.383 e. The van der Waals surface area contributed by atoms with Crippen molar-refractivity contribution in [3.63, 3.8) is 0 Å². The molecule has 23 heavy (non-hydrogen) atoms. The van der Waals surface area contributed by atoms with E-state index in [9.17, 15) is 4.39 Å². The van der Waals surface area contributed by atoms with Crippen LogP contribution < -0.4 is 5.73 Å². The van der Waals surface area contributed by atoms with E-state index in [-0.39, 0.29) is 5.82 Å². The Kier molecular flexibility index (Phi) is 3.16. The summed E-state index contributed by atoms with van der Waals surface area (Å²) < 4.78 is 15.1. The number of nitrogens with zero attached hydrogens (tertiary/aromatic N) is 2. The minimum absolute atomic E-state index is 0.270. The molecule has 0 saturated carbocycles. The second-order valence-electron chi connectivity index (χ2n) is 5.46. The summed E-state index contributed by atoms with van der Waals surface area (Å²) in [6.07, 6.45) is 0. The number of fused-ring (bicyclic) bond motifs is 1. The number of hydrogen-bond acceptors (Lipinski definition) is 3. The molecule has 0 amide bonds. The molecule has 0 unspecified atom stereocenters. The van der Waals surface area contributed by atoms with E-state index in [1.807, 2.05) is 4.40 Å². The molecule has 0 spiro atoms. The van der Waals surface area contributed by atoms with Crippen LogP contribution in [0.2, 0.25) is 0 Å². The summed E-state index contributed by atoms with van der Waals surface area (Å²) in [6, 6.07) is 14.5. The van der Waals surface area contributed by atoms with Gasteiger partial charge in [0.25, 0.3) is 0 Å². The highest BCUT2D eigenvalue weighted by molar-refractivity contribution is 7.15. The van der Waals surface area contributed by atoms with E-state index in [0.717, 1.165) is 21.8 Å². The Morgan fingerprint density at radius 1 is 1.00 bits per heavy atom. The molecule has 2 aromatic heterocycles. The maximum absolute atomic E-state index is 13.1. The van der Waals surface area contributed by atoms with Crippen LogP contribution in [-0.4, -0.2) is 9.38 Å². The van der Waals surface area contributed by atoms with Crippen LogP contribution in [0.25, 0.3) is 27.5 Å². The fourth-order valence-electron chi connectivity index (χ4n) is 2.63. The summed E-state index contributed by atoms with van der Waals surface area (Å²) in [7, 11) is 0. The number of anilines is 1. The molecule has 0 aliphatic heterocycles. The van der Waals surface area contributed by atoms with Crippen molar-refractivity contribution >= 4 is 22.1 Å². The Morgan fingerprint density at radius 3 is 2.35 bits per heavy atom. The largest absolute Gasteiger partial charge is 0.383 e. The number of halogens is 1. The second kappa shape index (κ2) is 5.21. The summed E-state index contributed by atoms with van der Waals surface area (Å²) in [6.45, 7) is 2.06. The van der Waals surface area contributed by atoms with Crippen molar-refractivity contribution in [3.8, 4) is 22.5 Å². The zero-order valence-electron chi connectivity index (χ0n) is 12.5. The van der Waals surface area contributed by atoms with Crippen LogP contribution in [0.1, 0.15) is 5.56 Å². The first-order chi connectivity index (χ1) is 11.1. The van der Waals surface area contributed by atoms with Crippen molar-refractivity contribution < 1.29 is 4.39 Å². The van der Waals surface area contributed by atoms with E-state index >= 15 is 0 Å². The topological polar surface area (TPSA) is 43.3 Å². The standard InChI is InChI=1S/C18H14FN3S/c1-11-2-4-12(5-3-11)15-10-23-18-21-16(17(20)22(15)18)13-6-8-14(19)9-7-13/h2-10H,20H2,1H3. The van der Waals surface area contributed by atoms with E-state index in [1.165, 1.54) is 17.7 Å². The summed E-state index contributed by atoms with van der Waals surface area (Å²) in [5, 5.41) is 2.05. The Morgan fingerprint density at radius 2 is 1.65 bits per heavy atom. The number of thiazole rings is 1. The van der Waals surface area contributed by atoms with Gasteiger partial charge in [0.1, 0.15) is 17.3 Å². The first-order valence-corrected chi connectivity index (χ1v) is 8.10. The first-order valence-electron chi connectivity index (χ1n) is 7.22. The van der Waals surface area contributed by atoms with Gasteiger partial charge in [0.15, 0.2) is 4.96 Å². The molecule has 2 aromatic carbocycles. The Hall–Kier alpha value is -2.66. The van der Waals surface area contributed by atoms with Gasteiger partial charge in [-0.2, -0.15) is 0 Å². The van der Waals surface area contributed by atoms with Crippen molar-refractivity contribution in [3.05, 3.63) is 65.3 Å². The lowest BCUT2D eigenvalue weighted by molar-refractivity contribution is 0.628. The maximum Gasteiger partial charge on any atom is 0.196 e. The molecule has 5 heteroatoms. The lowest BCUT2D eigenvalue weighted by Crippen LogP contribution is -1.95. The van der Waals surface area contributed by atoms with Gasteiger partial charge in [-0.15, -0.1) is 11.3 Å². The van der Waals surface area contributed by atoms with Crippen molar-refractivity contribution in [1.29, 1.82) is 0 Å². The second-order valence-corrected chi connectivity index (χ2v) is 6.29. The molecule has 4 rings (SSSR count). The van der Waals surface area contributed by atoms with Crippen LogP contribution in [-0.2, 0) is 0 Å². The van der Waals surface area contributed by atoms with Gasteiger partial charge in [-0.05, 0) is 36.8 Å². The summed E-state index contributed by atoms with van der Waals surface area (Å²) >= 11 is 1.54. The third-order valence-corrected chi connectivity index (χ3v) is 4.69. The van der Waals surface area contributed by atoms with Gasteiger partial charge < -0.3 is 5.73 Å². The summed E-state index contributed by atoms with van der Waals surface area (Å²) in [5.41, 5.74) is 11.2. The molecule has 2 N–H and O–H groups in total. The molecule has 0 bridgehead atoms. The average molecular weight is 323 g/mol. The molecule has 0 fully saturated rings. The highest BCUT2D eigenvalue weighted by Crippen LogP contribution is 2.34. The number of aryl methyl sites for hydroxylation is 1. The lowest BCUT2D eigenvalue weighted by Gasteiger charge is -2.04. The maximum atomic E-state index is 13.1. The number of nitrogen functional groups attached to an aromatic ring is 1. The Balaban J connectivity index is 1.89. The van der Waals surface area contributed by atoms with E-state index in [1.54, 1.807) is 23.5 Å². The van der Waals surface area contributed by atoms with E-state index in [2.05, 4.69) is 41.6 Å². The van der Waals surface area contributed by atoms with Crippen LogP contribution in [0.4, 0.5) is 10.2 Å². The molecular formula is C18H14FN3S. The molecular weight excluding hydrogens is 309 g/mol. The lowest BCUT2D eigenvalue weighted by atomic mass is 10.1. The zero-order valence-corrected chi connectivity index (χ0v) is 13.3. The Bertz CT molecular complexity index is 982. The number of nitrogens with two attached hydrogens (primary N) is 1. The summed E-state index contributed by atoms with van der Waals surface area (Å²) in [5.74, 6) is 0.303. The average Bonchev–Trinajstić information content (AvgIpc) is 3.10. The molecule has 0 aliphatic carbocycles. The van der Waals surface area contributed by atoms with Crippen LogP contribution in [0.15, 0.2) is 53.9 Å².